The quantitative estimate of drug-likeness (QED) is 0.464. The van der Waals surface area contributed by atoms with Gasteiger partial charge in [-0.2, -0.15) is 0 Å². The Morgan fingerprint density at radius 3 is 2.44 bits per heavy atom. The van der Waals surface area contributed by atoms with Crippen molar-refractivity contribution in [2.24, 2.45) is 0 Å². The molecule has 0 heterocycles. The Labute approximate surface area is 102 Å². The summed E-state index contributed by atoms with van der Waals surface area (Å²) in [4.78, 5) is 0. The minimum Gasteiger partial charge on any atom is -0.0950 e. The minimum atomic E-state index is -0.152. The molecule has 0 aliphatic heterocycles. The molecule has 1 atom stereocenters. The molecule has 1 heteroatoms. The van der Waals surface area contributed by atoms with E-state index in [1.165, 1.54) is 42.7 Å². The highest BCUT2D eigenvalue weighted by atomic mass is 31.1. The topological polar surface area (TPSA) is 0 Å². The molecule has 1 unspecified atom stereocenters. The van der Waals surface area contributed by atoms with Gasteiger partial charge in [0.05, 0.1) is 0 Å². The maximum Gasteiger partial charge on any atom is -0.0201 e. The van der Waals surface area contributed by atoms with Gasteiger partial charge in [0.25, 0.3) is 0 Å². The third-order valence-corrected chi connectivity index (χ3v) is 5.18. The lowest BCUT2D eigenvalue weighted by Gasteiger charge is -2.15. The Hall–Kier alpha value is -0.610. The predicted molar refractivity (Wildman–Crippen MR) is 76.8 cm³/mol. The summed E-state index contributed by atoms with van der Waals surface area (Å²) in [6.07, 6.45) is 6.54. The largest absolute Gasteiger partial charge is 0.0950 e. The van der Waals surface area contributed by atoms with Crippen LogP contribution in [-0.4, -0.2) is 6.66 Å². The molecule has 0 aromatic heterocycles. The summed E-state index contributed by atoms with van der Waals surface area (Å²) in [5, 5.41) is 2.90. The lowest BCUT2D eigenvalue weighted by Crippen LogP contribution is -1.99. The number of benzene rings is 1. The van der Waals surface area contributed by atoms with E-state index in [1.54, 1.807) is 0 Å². The van der Waals surface area contributed by atoms with E-state index in [-0.39, 0.29) is 7.92 Å². The summed E-state index contributed by atoms with van der Waals surface area (Å²) in [6.45, 7) is 8.84. The zero-order valence-corrected chi connectivity index (χ0v) is 11.5. The number of rotatable bonds is 7. The van der Waals surface area contributed by atoms with Crippen LogP contribution in [0.1, 0.15) is 39.0 Å². The minimum absolute atomic E-state index is 0.152. The van der Waals surface area contributed by atoms with Gasteiger partial charge in [0.2, 0.25) is 0 Å². The second-order valence-corrected chi connectivity index (χ2v) is 6.54. The molecule has 0 fully saturated rings. The van der Waals surface area contributed by atoms with Gasteiger partial charge in [-0.15, -0.1) is 0 Å². The lowest BCUT2D eigenvalue weighted by molar-refractivity contribution is 0.672. The molecule has 0 nitrogen and oxygen atoms in total. The molecule has 0 bridgehead atoms. The van der Waals surface area contributed by atoms with Crippen molar-refractivity contribution in [3.05, 3.63) is 42.2 Å². The summed E-state index contributed by atoms with van der Waals surface area (Å²) in [7, 11) is -0.152. The summed E-state index contributed by atoms with van der Waals surface area (Å²) in [5.74, 6) is 0. The SMILES string of the molecule is C=C(CCCCCC)P(C)c1ccccc1. The van der Waals surface area contributed by atoms with Crippen LogP contribution in [-0.2, 0) is 0 Å². The van der Waals surface area contributed by atoms with Crippen LogP contribution in [0.4, 0.5) is 0 Å². The van der Waals surface area contributed by atoms with Crippen molar-refractivity contribution in [1.29, 1.82) is 0 Å². The van der Waals surface area contributed by atoms with Crippen molar-refractivity contribution in [2.75, 3.05) is 6.66 Å². The van der Waals surface area contributed by atoms with E-state index >= 15 is 0 Å². The number of hydrogen-bond donors (Lipinski definition) is 0. The molecule has 0 amide bonds. The van der Waals surface area contributed by atoms with E-state index in [0.717, 1.165) is 0 Å². The smallest absolute Gasteiger partial charge is 0.0201 e. The van der Waals surface area contributed by atoms with Crippen molar-refractivity contribution in [3.8, 4) is 0 Å². The highest BCUT2D eigenvalue weighted by Gasteiger charge is 2.07. The molecule has 0 radical (unpaired) electrons. The zero-order valence-electron chi connectivity index (χ0n) is 10.6. The predicted octanol–water partition coefficient (Wildman–Crippen LogP) is 4.91. The first-order chi connectivity index (χ1) is 7.75. The first-order valence-electron chi connectivity index (χ1n) is 6.22. The number of unbranched alkanes of at least 4 members (excludes halogenated alkanes) is 3. The average Bonchev–Trinajstić information content (AvgIpc) is 2.34. The van der Waals surface area contributed by atoms with Crippen molar-refractivity contribution < 1.29 is 0 Å². The van der Waals surface area contributed by atoms with Crippen LogP contribution in [0.25, 0.3) is 0 Å². The van der Waals surface area contributed by atoms with E-state index < -0.39 is 0 Å². The van der Waals surface area contributed by atoms with Crippen molar-refractivity contribution in [2.45, 2.75) is 39.0 Å². The molecule has 1 aromatic carbocycles. The molecule has 0 N–H and O–H groups in total. The van der Waals surface area contributed by atoms with Gasteiger partial charge in [0.15, 0.2) is 0 Å². The summed E-state index contributed by atoms with van der Waals surface area (Å²) in [5.41, 5.74) is 0. The number of allylic oxidation sites excluding steroid dienone is 1. The maximum absolute atomic E-state index is 4.26. The standard InChI is InChI=1S/C15H23P/c1-4-5-6-8-11-14(2)16(3)15-12-9-7-10-13-15/h7,9-10,12-13H,2,4-6,8,11H2,1,3H3. The van der Waals surface area contributed by atoms with Crippen LogP contribution in [0, 0.1) is 0 Å². The first-order valence-corrected chi connectivity index (χ1v) is 8.01. The molecule has 0 saturated heterocycles. The van der Waals surface area contributed by atoms with E-state index in [2.05, 4.69) is 50.5 Å². The average molecular weight is 234 g/mol. The Morgan fingerprint density at radius 1 is 1.12 bits per heavy atom. The molecule has 0 spiro atoms. The zero-order chi connectivity index (χ0) is 11.8. The summed E-state index contributed by atoms with van der Waals surface area (Å²) < 4.78 is 0. The Morgan fingerprint density at radius 2 is 1.81 bits per heavy atom. The van der Waals surface area contributed by atoms with Crippen LogP contribution < -0.4 is 5.30 Å². The maximum atomic E-state index is 4.26. The van der Waals surface area contributed by atoms with E-state index in [9.17, 15) is 0 Å². The van der Waals surface area contributed by atoms with Crippen LogP contribution >= 0.6 is 7.92 Å². The van der Waals surface area contributed by atoms with Crippen LogP contribution in [0.2, 0.25) is 0 Å². The molecule has 0 aliphatic carbocycles. The van der Waals surface area contributed by atoms with Gasteiger partial charge < -0.3 is 0 Å². The van der Waals surface area contributed by atoms with Gasteiger partial charge in [-0.25, -0.2) is 0 Å². The van der Waals surface area contributed by atoms with Crippen molar-refractivity contribution >= 4 is 13.2 Å². The van der Waals surface area contributed by atoms with Gasteiger partial charge in [-0.3, -0.25) is 0 Å². The first kappa shape index (κ1) is 13.5. The third kappa shape index (κ3) is 4.49. The van der Waals surface area contributed by atoms with Crippen LogP contribution in [0.3, 0.4) is 0 Å². The van der Waals surface area contributed by atoms with Crippen LogP contribution in [0.15, 0.2) is 42.2 Å². The van der Waals surface area contributed by atoms with Gasteiger partial charge in [0, 0.05) is 0 Å². The Bertz CT molecular complexity index is 302. The molecule has 88 valence electrons. The van der Waals surface area contributed by atoms with Gasteiger partial charge in [0.1, 0.15) is 0 Å². The molecular weight excluding hydrogens is 211 g/mol. The Balaban J connectivity index is 2.37. The molecular formula is C15H23P. The van der Waals surface area contributed by atoms with Gasteiger partial charge in [-0.05, 0) is 30.1 Å². The van der Waals surface area contributed by atoms with Gasteiger partial charge in [-0.1, -0.05) is 71.0 Å². The summed E-state index contributed by atoms with van der Waals surface area (Å²) >= 11 is 0. The van der Waals surface area contributed by atoms with Crippen LogP contribution in [0.5, 0.6) is 0 Å². The van der Waals surface area contributed by atoms with Gasteiger partial charge >= 0.3 is 0 Å². The van der Waals surface area contributed by atoms with E-state index in [1.807, 2.05) is 0 Å². The monoisotopic (exact) mass is 234 g/mol. The molecule has 0 aliphatic rings. The fraction of sp³-hybridized carbons (Fsp3) is 0.467. The summed E-state index contributed by atoms with van der Waals surface area (Å²) in [6, 6.07) is 10.8. The normalized spacial score (nSPS) is 12.4. The van der Waals surface area contributed by atoms with Crippen molar-refractivity contribution in [1.82, 2.24) is 0 Å². The fourth-order valence-electron chi connectivity index (χ4n) is 1.76. The second-order valence-electron chi connectivity index (χ2n) is 4.27. The van der Waals surface area contributed by atoms with E-state index in [0.29, 0.717) is 0 Å². The van der Waals surface area contributed by atoms with Crippen molar-refractivity contribution in [3.63, 3.8) is 0 Å². The lowest BCUT2D eigenvalue weighted by atomic mass is 10.1. The molecule has 1 aromatic rings. The second kappa shape index (κ2) is 7.63. The van der Waals surface area contributed by atoms with E-state index in [4.69, 9.17) is 0 Å². The highest BCUT2D eigenvalue weighted by molar-refractivity contribution is 7.68. The molecule has 0 saturated carbocycles. The third-order valence-electron chi connectivity index (χ3n) is 2.94. The fourth-order valence-corrected chi connectivity index (χ4v) is 3.24. The highest BCUT2D eigenvalue weighted by Crippen LogP contribution is 2.41. The Kier molecular flexibility index (Phi) is 6.42. The number of hydrogen-bond acceptors (Lipinski definition) is 0. The molecule has 16 heavy (non-hydrogen) atoms. The molecule has 1 rings (SSSR count).